The van der Waals surface area contributed by atoms with Gasteiger partial charge in [0.15, 0.2) is 16.6 Å². The smallest absolute Gasteiger partial charge is 0.325 e. The third kappa shape index (κ3) is 4.63. The summed E-state index contributed by atoms with van der Waals surface area (Å²) in [7, 11) is 2.79. The van der Waals surface area contributed by atoms with Crippen LogP contribution in [0.15, 0.2) is 42.1 Å². The Morgan fingerprint density at radius 3 is 2.50 bits per heavy atom. The topological polar surface area (TPSA) is 88.5 Å². The van der Waals surface area contributed by atoms with Gasteiger partial charge in [-0.05, 0) is 67.2 Å². The zero-order valence-corrected chi connectivity index (χ0v) is 19.2. The molecule has 8 nitrogen and oxygen atoms in total. The molecule has 32 heavy (non-hydrogen) atoms. The Morgan fingerprint density at radius 1 is 1.22 bits per heavy atom. The fourth-order valence-corrected chi connectivity index (χ4v) is 3.66. The van der Waals surface area contributed by atoms with Crippen LogP contribution in [0.2, 0.25) is 5.02 Å². The van der Waals surface area contributed by atoms with E-state index in [0.717, 1.165) is 0 Å². The second-order valence-corrected chi connectivity index (χ2v) is 7.37. The molecule has 1 aliphatic heterocycles. The molecule has 0 saturated carbocycles. The van der Waals surface area contributed by atoms with Crippen LogP contribution in [-0.2, 0) is 14.3 Å². The van der Waals surface area contributed by atoms with Crippen LogP contribution in [-0.4, -0.2) is 54.4 Å². The highest BCUT2D eigenvalue weighted by molar-refractivity contribution is 7.80. The number of aromatic hydroxyl groups is 1. The van der Waals surface area contributed by atoms with Crippen LogP contribution in [0.5, 0.6) is 17.2 Å². The SMILES string of the molecule is CCOc1cc(/C=C2/C(=O)N(c3ccc(OC)cc3)C(=S)N2CC(=O)OC)cc(Cl)c1O. The van der Waals surface area contributed by atoms with Crippen LogP contribution < -0.4 is 14.4 Å². The molecule has 1 saturated heterocycles. The molecular weight excluding hydrogens is 456 g/mol. The van der Waals surface area contributed by atoms with Crippen molar-refractivity contribution < 1.29 is 28.9 Å². The average Bonchev–Trinajstić information content (AvgIpc) is 3.01. The van der Waals surface area contributed by atoms with Gasteiger partial charge in [0.2, 0.25) is 0 Å². The minimum atomic E-state index is -0.568. The largest absolute Gasteiger partial charge is 0.503 e. The number of phenolic OH excluding ortho intramolecular Hbond substituents is 1. The quantitative estimate of drug-likeness (QED) is 0.368. The van der Waals surface area contributed by atoms with Crippen LogP contribution in [0.1, 0.15) is 12.5 Å². The molecule has 0 aromatic heterocycles. The van der Waals surface area contributed by atoms with E-state index in [4.69, 9.17) is 38.0 Å². The number of carbonyl (C=O) groups is 2. The van der Waals surface area contributed by atoms with Gasteiger partial charge in [0, 0.05) is 0 Å². The van der Waals surface area contributed by atoms with Crippen LogP contribution >= 0.6 is 23.8 Å². The van der Waals surface area contributed by atoms with Gasteiger partial charge in [-0.1, -0.05) is 11.6 Å². The summed E-state index contributed by atoms with van der Waals surface area (Å²) in [5.41, 5.74) is 1.13. The molecule has 168 valence electrons. The van der Waals surface area contributed by atoms with Gasteiger partial charge in [-0.2, -0.15) is 0 Å². The number of hydrogen-bond donors (Lipinski definition) is 1. The van der Waals surface area contributed by atoms with Gasteiger partial charge < -0.3 is 24.2 Å². The predicted molar refractivity (Wildman–Crippen MR) is 124 cm³/mol. The minimum Gasteiger partial charge on any atom is -0.503 e. The van der Waals surface area contributed by atoms with Crippen molar-refractivity contribution in [2.45, 2.75) is 6.92 Å². The number of halogens is 1. The second-order valence-electron chi connectivity index (χ2n) is 6.60. The second kappa shape index (κ2) is 9.88. The van der Waals surface area contributed by atoms with Gasteiger partial charge in [0.25, 0.3) is 5.91 Å². The molecule has 1 N–H and O–H groups in total. The van der Waals surface area contributed by atoms with Crippen molar-refractivity contribution in [2.75, 3.05) is 32.3 Å². The molecule has 2 aromatic carbocycles. The van der Waals surface area contributed by atoms with Crippen LogP contribution in [0.3, 0.4) is 0 Å². The molecule has 1 aliphatic rings. The van der Waals surface area contributed by atoms with E-state index in [1.54, 1.807) is 44.4 Å². The van der Waals surface area contributed by atoms with Crippen molar-refractivity contribution in [1.82, 2.24) is 4.90 Å². The predicted octanol–water partition coefficient (Wildman–Crippen LogP) is 3.60. The van der Waals surface area contributed by atoms with E-state index >= 15 is 0 Å². The molecule has 10 heteroatoms. The summed E-state index contributed by atoms with van der Waals surface area (Å²) in [6.45, 7) is 1.82. The van der Waals surface area contributed by atoms with E-state index in [1.807, 2.05) is 0 Å². The third-order valence-electron chi connectivity index (χ3n) is 4.63. The molecule has 1 heterocycles. The first-order chi connectivity index (χ1) is 15.3. The van der Waals surface area contributed by atoms with Crippen molar-refractivity contribution in [3.63, 3.8) is 0 Å². The number of carbonyl (C=O) groups excluding carboxylic acids is 2. The molecular formula is C22H21ClN2O6S. The van der Waals surface area contributed by atoms with E-state index in [2.05, 4.69) is 0 Å². The van der Waals surface area contributed by atoms with Gasteiger partial charge in [0.1, 0.15) is 18.0 Å². The highest BCUT2D eigenvalue weighted by Gasteiger charge is 2.40. The van der Waals surface area contributed by atoms with Crippen LogP contribution in [0.25, 0.3) is 6.08 Å². The number of ether oxygens (including phenoxy) is 3. The molecule has 2 aromatic rings. The molecule has 0 bridgehead atoms. The summed E-state index contributed by atoms with van der Waals surface area (Å²) in [5, 5.41) is 10.3. The fraction of sp³-hybridized carbons (Fsp3) is 0.227. The summed E-state index contributed by atoms with van der Waals surface area (Å²) < 4.78 is 15.3. The maximum absolute atomic E-state index is 13.3. The van der Waals surface area contributed by atoms with E-state index < -0.39 is 11.9 Å². The summed E-state index contributed by atoms with van der Waals surface area (Å²) in [6, 6.07) is 9.80. The van der Waals surface area contributed by atoms with Gasteiger partial charge in [-0.15, -0.1) is 0 Å². The Balaban J connectivity index is 2.07. The minimum absolute atomic E-state index is 0.0577. The number of esters is 1. The van der Waals surface area contributed by atoms with Crippen molar-refractivity contribution in [3.05, 3.63) is 52.7 Å². The Bertz CT molecular complexity index is 1090. The lowest BCUT2D eigenvalue weighted by Crippen LogP contribution is -2.35. The van der Waals surface area contributed by atoms with Gasteiger partial charge in [-0.25, -0.2) is 0 Å². The molecule has 0 atom stereocenters. The van der Waals surface area contributed by atoms with E-state index in [0.29, 0.717) is 23.6 Å². The molecule has 0 radical (unpaired) electrons. The first kappa shape index (κ1) is 23.4. The number of anilines is 1. The summed E-state index contributed by atoms with van der Waals surface area (Å²) in [6.07, 6.45) is 1.52. The van der Waals surface area contributed by atoms with Crippen LogP contribution in [0, 0.1) is 0 Å². The molecule has 1 amide bonds. The molecule has 0 spiro atoms. The van der Waals surface area contributed by atoms with Crippen molar-refractivity contribution in [1.29, 1.82) is 0 Å². The first-order valence-corrected chi connectivity index (χ1v) is 10.3. The molecule has 1 fully saturated rings. The number of thiocarbonyl (C=S) groups is 1. The number of methoxy groups -OCH3 is 2. The van der Waals surface area contributed by atoms with Gasteiger partial charge in [-0.3, -0.25) is 14.5 Å². The van der Waals surface area contributed by atoms with Crippen molar-refractivity contribution >= 4 is 52.6 Å². The molecule has 0 unspecified atom stereocenters. The lowest BCUT2D eigenvalue weighted by atomic mass is 10.1. The monoisotopic (exact) mass is 476 g/mol. The van der Waals surface area contributed by atoms with Crippen LogP contribution in [0.4, 0.5) is 5.69 Å². The summed E-state index contributed by atoms with van der Waals surface area (Å²) in [4.78, 5) is 28.1. The Kier molecular flexibility index (Phi) is 7.22. The highest BCUT2D eigenvalue weighted by Crippen LogP contribution is 2.37. The van der Waals surface area contributed by atoms with Crippen molar-refractivity contribution in [2.24, 2.45) is 0 Å². The summed E-state index contributed by atoms with van der Waals surface area (Å²) >= 11 is 11.6. The Labute approximate surface area is 195 Å². The normalized spacial score (nSPS) is 14.8. The lowest BCUT2D eigenvalue weighted by Gasteiger charge is -2.19. The molecule has 0 aliphatic carbocycles. The Hall–Kier alpha value is -3.30. The zero-order chi connectivity index (χ0) is 23.4. The number of hydrogen-bond acceptors (Lipinski definition) is 7. The maximum Gasteiger partial charge on any atom is 0.325 e. The maximum atomic E-state index is 13.3. The number of benzene rings is 2. The average molecular weight is 477 g/mol. The number of nitrogens with zero attached hydrogens (tertiary/aromatic N) is 2. The van der Waals surface area contributed by atoms with Gasteiger partial charge >= 0.3 is 5.97 Å². The van der Waals surface area contributed by atoms with Gasteiger partial charge in [0.05, 0.1) is 31.5 Å². The highest BCUT2D eigenvalue weighted by atomic mass is 35.5. The fourth-order valence-electron chi connectivity index (χ4n) is 3.09. The lowest BCUT2D eigenvalue weighted by molar-refractivity contribution is -0.140. The van der Waals surface area contributed by atoms with E-state index in [9.17, 15) is 14.7 Å². The summed E-state index contributed by atoms with van der Waals surface area (Å²) in [5.74, 6) is -0.412. The van der Waals surface area contributed by atoms with E-state index in [1.165, 1.54) is 29.1 Å². The standard InChI is InChI=1S/C22H21ClN2O6S/c1-4-31-18-11-13(9-16(23)20(18)27)10-17-21(28)25(14-5-7-15(29-2)8-6-14)22(32)24(17)12-19(26)30-3/h5-11,27H,4,12H2,1-3H3/b17-10-. The van der Waals surface area contributed by atoms with Crippen molar-refractivity contribution in [3.8, 4) is 17.2 Å². The number of rotatable bonds is 7. The number of amides is 1. The zero-order valence-electron chi connectivity index (χ0n) is 17.6. The third-order valence-corrected chi connectivity index (χ3v) is 5.33. The first-order valence-electron chi connectivity index (χ1n) is 9.54. The molecule has 3 rings (SSSR count). The number of phenols is 1. The van der Waals surface area contributed by atoms with E-state index in [-0.39, 0.29) is 33.9 Å². The Morgan fingerprint density at radius 2 is 1.91 bits per heavy atom.